The summed E-state index contributed by atoms with van der Waals surface area (Å²) in [6.45, 7) is 2.48. The summed E-state index contributed by atoms with van der Waals surface area (Å²) in [7, 11) is 0. The van der Waals surface area contributed by atoms with Crippen molar-refractivity contribution in [2.24, 2.45) is 5.73 Å². The fraction of sp³-hybridized carbons (Fsp3) is 0.154. The van der Waals surface area contributed by atoms with Crippen molar-refractivity contribution in [2.75, 3.05) is 11.1 Å². The number of hydrogen-bond donors (Lipinski definition) is 3. The van der Waals surface area contributed by atoms with Gasteiger partial charge in [0, 0.05) is 18.4 Å². The number of aromatic nitrogens is 1. The van der Waals surface area contributed by atoms with Crippen LogP contribution in [0.5, 0.6) is 0 Å². The van der Waals surface area contributed by atoms with Crippen molar-refractivity contribution in [1.82, 2.24) is 4.98 Å². The van der Waals surface area contributed by atoms with E-state index in [9.17, 15) is 0 Å². The molecule has 0 spiro atoms. The summed E-state index contributed by atoms with van der Waals surface area (Å²) in [6, 6.07) is 9.78. The van der Waals surface area contributed by atoms with Gasteiger partial charge in [-0.1, -0.05) is 12.1 Å². The Morgan fingerprint density at radius 2 is 2.12 bits per heavy atom. The molecule has 0 fully saturated rings. The van der Waals surface area contributed by atoms with E-state index in [4.69, 9.17) is 11.5 Å². The second-order valence-corrected chi connectivity index (χ2v) is 3.92. The zero-order chi connectivity index (χ0) is 12.3. The van der Waals surface area contributed by atoms with Gasteiger partial charge in [0.15, 0.2) is 5.82 Å². The lowest BCUT2D eigenvalue weighted by atomic mass is 10.2. The Morgan fingerprint density at radius 3 is 2.88 bits per heavy atom. The highest BCUT2D eigenvalue weighted by Gasteiger charge is 2.03. The van der Waals surface area contributed by atoms with Crippen molar-refractivity contribution in [3.05, 3.63) is 47.7 Å². The minimum atomic E-state index is 0.520. The number of hydrogen-bond acceptors (Lipinski definition) is 4. The second-order valence-electron chi connectivity index (χ2n) is 3.92. The van der Waals surface area contributed by atoms with Crippen LogP contribution in [0.4, 0.5) is 17.2 Å². The highest BCUT2D eigenvalue weighted by atomic mass is 15.0. The number of rotatable bonds is 3. The van der Waals surface area contributed by atoms with Gasteiger partial charge in [0.25, 0.3) is 0 Å². The van der Waals surface area contributed by atoms with Crippen molar-refractivity contribution in [1.29, 1.82) is 0 Å². The topological polar surface area (TPSA) is 77.0 Å². The van der Waals surface area contributed by atoms with Crippen LogP contribution in [0.15, 0.2) is 36.5 Å². The first-order valence-corrected chi connectivity index (χ1v) is 5.48. The van der Waals surface area contributed by atoms with Crippen LogP contribution in [0.1, 0.15) is 11.1 Å². The summed E-state index contributed by atoms with van der Waals surface area (Å²) in [5.41, 5.74) is 15.2. The maximum absolute atomic E-state index is 5.95. The van der Waals surface area contributed by atoms with Crippen molar-refractivity contribution in [3.8, 4) is 0 Å². The summed E-state index contributed by atoms with van der Waals surface area (Å²) in [6.07, 6.45) is 1.74. The molecule has 0 atom stereocenters. The molecule has 4 nitrogen and oxygen atoms in total. The average Bonchev–Trinajstić information content (AvgIpc) is 2.35. The van der Waals surface area contributed by atoms with Gasteiger partial charge in [0.05, 0.1) is 5.69 Å². The van der Waals surface area contributed by atoms with Crippen LogP contribution < -0.4 is 16.8 Å². The summed E-state index contributed by atoms with van der Waals surface area (Å²) in [5, 5.41) is 3.20. The van der Waals surface area contributed by atoms with E-state index in [-0.39, 0.29) is 0 Å². The van der Waals surface area contributed by atoms with Crippen LogP contribution in [-0.2, 0) is 6.54 Å². The first-order valence-electron chi connectivity index (χ1n) is 5.48. The van der Waals surface area contributed by atoms with E-state index >= 15 is 0 Å². The van der Waals surface area contributed by atoms with Crippen LogP contribution in [0, 0.1) is 6.92 Å². The third-order valence-corrected chi connectivity index (χ3v) is 2.63. The van der Waals surface area contributed by atoms with Gasteiger partial charge < -0.3 is 16.8 Å². The number of pyridine rings is 1. The van der Waals surface area contributed by atoms with Gasteiger partial charge in [-0.15, -0.1) is 0 Å². The Morgan fingerprint density at radius 1 is 1.29 bits per heavy atom. The van der Waals surface area contributed by atoms with Gasteiger partial charge in [-0.2, -0.15) is 0 Å². The van der Waals surface area contributed by atoms with Gasteiger partial charge in [0.1, 0.15) is 0 Å². The maximum atomic E-state index is 5.95. The number of nitrogen functional groups attached to an aromatic ring is 1. The molecule has 2 rings (SSSR count). The van der Waals surface area contributed by atoms with Crippen LogP contribution >= 0.6 is 0 Å². The smallest absolute Gasteiger partial charge is 0.153 e. The largest absolute Gasteiger partial charge is 0.396 e. The number of nitrogens with zero attached hydrogens (tertiary/aromatic N) is 1. The average molecular weight is 228 g/mol. The molecule has 0 unspecified atom stereocenters. The monoisotopic (exact) mass is 228 g/mol. The minimum Gasteiger partial charge on any atom is -0.396 e. The van der Waals surface area contributed by atoms with Gasteiger partial charge in [-0.3, -0.25) is 0 Å². The number of anilines is 3. The van der Waals surface area contributed by atoms with E-state index in [2.05, 4.69) is 10.3 Å². The molecule has 0 bridgehead atoms. The Kier molecular flexibility index (Phi) is 3.25. The Balaban J connectivity index is 2.28. The summed E-state index contributed by atoms with van der Waals surface area (Å²) < 4.78 is 0. The fourth-order valence-corrected chi connectivity index (χ4v) is 1.58. The molecule has 0 radical (unpaired) electrons. The molecule has 0 saturated carbocycles. The van der Waals surface area contributed by atoms with Crippen LogP contribution in [0.25, 0.3) is 0 Å². The summed E-state index contributed by atoms with van der Waals surface area (Å²) in [5.74, 6) is 0.680. The summed E-state index contributed by atoms with van der Waals surface area (Å²) in [4.78, 5) is 4.22. The van der Waals surface area contributed by atoms with Gasteiger partial charge >= 0.3 is 0 Å². The maximum Gasteiger partial charge on any atom is 0.153 e. The van der Waals surface area contributed by atoms with Crippen molar-refractivity contribution in [3.63, 3.8) is 0 Å². The molecule has 4 heteroatoms. The standard InChI is InChI=1S/C13H16N4/c1-9-5-6-16-13(12(9)15)17-11-4-2-3-10(7-11)8-14/h2-7H,8,14-15H2,1H3,(H,16,17). The Labute approximate surface area is 101 Å². The molecule has 0 aliphatic heterocycles. The molecule has 0 saturated heterocycles. The van der Waals surface area contributed by atoms with Crippen LogP contribution in [0.3, 0.4) is 0 Å². The third-order valence-electron chi connectivity index (χ3n) is 2.63. The molecule has 0 aliphatic rings. The first kappa shape index (κ1) is 11.4. The molecular weight excluding hydrogens is 212 g/mol. The number of nitrogens with two attached hydrogens (primary N) is 2. The molecule has 5 N–H and O–H groups in total. The predicted octanol–water partition coefficient (Wildman–Crippen LogP) is 2.17. The third kappa shape index (κ3) is 2.54. The molecule has 2 aromatic rings. The highest BCUT2D eigenvalue weighted by molar-refractivity contribution is 5.71. The highest BCUT2D eigenvalue weighted by Crippen LogP contribution is 2.23. The molecular formula is C13H16N4. The minimum absolute atomic E-state index is 0.520. The number of nitrogens with one attached hydrogen (secondary N) is 1. The van der Waals surface area contributed by atoms with Gasteiger partial charge in [0.2, 0.25) is 0 Å². The molecule has 1 aromatic carbocycles. The second kappa shape index (κ2) is 4.84. The quantitative estimate of drug-likeness (QED) is 0.752. The van der Waals surface area contributed by atoms with Crippen molar-refractivity contribution in [2.45, 2.75) is 13.5 Å². The molecule has 17 heavy (non-hydrogen) atoms. The lowest BCUT2D eigenvalue weighted by Crippen LogP contribution is -2.02. The zero-order valence-electron chi connectivity index (χ0n) is 9.77. The summed E-state index contributed by atoms with van der Waals surface area (Å²) >= 11 is 0. The lowest BCUT2D eigenvalue weighted by Gasteiger charge is -2.10. The first-order chi connectivity index (χ1) is 8.20. The molecule has 1 heterocycles. The molecule has 0 amide bonds. The van der Waals surface area contributed by atoms with E-state index in [0.717, 1.165) is 16.8 Å². The number of benzene rings is 1. The zero-order valence-corrected chi connectivity index (χ0v) is 9.77. The van der Waals surface area contributed by atoms with E-state index in [1.54, 1.807) is 6.20 Å². The molecule has 88 valence electrons. The molecule has 0 aliphatic carbocycles. The van der Waals surface area contributed by atoms with E-state index < -0.39 is 0 Å². The van der Waals surface area contributed by atoms with E-state index in [0.29, 0.717) is 18.1 Å². The fourth-order valence-electron chi connectivity index (χ4n) is 1.58. The van der Waals surface area contributed by atoms with E-state index in [1.807, 2.05) is 37.3 Å². The van der Waals surface area contributed by atoms with Crippen LogP contribution in [0.2, 0.25) is 0 Å². The Hall–Kier alpha value is -2.07. The molecule has 1 aromatic heterocycles. The van der Waals surface area contributed by atoms with Crippen LogP contribution in [-0.4, -0.2) is 4.98 Å². The van der Waals surface area contributed by atoms with E-state index in [1.165, 1.54) is 0 Å². The van der Waals surface area contributed by atoms with Gasteiger partial charge in [-0.25, -0.2) is 4.98 Å². The number of aryl methyl sites for hydroxylation is 1. The van der Waals surface area contributed by atoms with Gasteiger partial charge in [-0.05, 0) is 36.2 Å². The SMILES string of the molecule is Cc1ccnc(Nc2cccc(CN)c2)c1N. The van der Waals surface area contributed by atoms with Crippen molar-refractivity contribution < 1.29 is 0 Å². The van der Waals surface area contributed by atoms with Crippen molar-refractivity contribution >= 4 is 17.2 Å². The predicted molar refractivity (Wildman–Crippen MR) is 71.0 cm³/mol. The lowest BCUT2D eigenvalue weighted by molar-refractivity contribution is 1.07. The Bertz CT molecular complexity index is 523. The normalized spacial score (nSPS) is 10.2.